The van der Waals surface area contributed by atoms with Crippen molar-refractivity contribution in [1.82, 2.24) is 0 Å². The average Bonchev–Trinajstić information content (AvgIpc) is 2.65. The lowest BCUT2D eigenvalue weighted by Gasteiger charge is -2.18. The van der Waals surface area contributed by atoms with Gasteiger partial charge in [0.05, 0.1) is 16.3 Å². The van der Waals surface area contributed by atoms with Crippen LogP contribution in [-0.2, 0) is 4.79 Å². The molecule has 2 aromatic carbocycles. The lowest BCUT2D eigenvalue weighted by molar-refractivity contribution is -0.384. The van der Waals surface area contributed by atoms with Crippen LogP contribution in [0.2, 0.25) is 5.02 Å². The number of hydrogen-bond acceptors (Lipinski definition) is 4. The van der Waals surface area contributed by atoms with Gasteiger partial charge in [-0.1, -0.05) is 23.7 Å². The van der Waals surface area contributed by atoms with Gasteiger partial charge in [0.25, 0.3) is 17.9 Å². The van der Waals surface area contributed by atoms with Crippen LogP contribution in [0.5, 0.6) is 0 Å². The van der Waals surface area contributed by atoms with Gasteiger partial charge in [-0.2, -0.15) is 0 Å². The van der Waals surface area contributed by atoms with Crippen LogP contribution in [0, 0.1) is 10.1 Å². The molecule has 2 aromatic rings. The summed E-state index contributed by atoms with van der Waals surface area (Å²) in [4.78, 5) is 27.5. The minimum Gasteiger partial charge on any atom is -0.311 e. The third kappa shape index (κ3) is 2.74. The number of benzodiazepines with no additional fused rings is 1. The van der Waals surface area contributed by atoms with Crippen LogP contribution in [0.4, 0.5) is 15.8 Å². The number of likely N-dealkylation sites (N-methyl/N-ethyl adjacent to an activating group) is 1. The summed E-state index contributed by atoms with van der Waals surface area (Å²) in [5, 5.41) is 11.5. The maximum absolute atomic E-state index is 14.2. The van der Waals surface area contributed by atoms with E-state index in [1.165, 1.54) is 25.2 Å². The number of non-ortho nitro benzene ring substituents is 1. The molecule has 0 N–H and O–H groups in total. The first kappa shape index (κ1) is 16.1. The zero-order valence-corrected chi connectivity index (χ0v) is 13.2. The molecular formula is C16H11ClFN3O3. The Morgan fingerprint density at radius 1 is 1.29 bits per heavy atom. The zero-order chi connectivity index (χ0) is 17.4. The van der Waals surface area contributed by atoms with E-state index in [1.807, 2.05) is 0 Å². The van der Waals surface area contributed by atoms with Gasteiger partial charge < -0.3 is 4.90 Å². The molecule has 0 spiro atoms. The zero-order valence-electron chi connectivity index (χ0n) is 12.4. The number of carbonyl (C=O) groups excluding carboxylic acids is 1. The number of fused-ring (bicyclic) bond motifs is 1. The maximum atomic E-state index is 14.2. The van der Waals surface area contributed by atoms with Crippen LogP contribution in [0.3, 0.4) is 0 Å². The molecule has 0 aliphatic carbocycles. The van der Waals surface area contributed by atoms with E-state index < -0.39 is 17.1 Å². The minimum atomic E-state index is -2.10. The number of anilines is 1. The van der Waals surface area contributed by atoms with E-state index in [9.17, 15) is 19.3 Å². The number of hydrogen-bond donors (Lipinski definition) is 0. The number of nitrogens with zero attached hydrogens (tertiary/aromatic N) is 3. The lowest BCUT2D eigenvalue weighted by atomic mass is 9.99. The van der Waals surface area contributed by atoms with Crippen molar-refractivity contribution < 1.29 is 14.1 Å². The summed E-state index contributed by atoms with van der Waals surface area (Å²) in [5.74, 6) is -0.845. The van der Waals surface area contributed by atoms with E-state index in [1.54, 1.807) is 24.3 Å². The number of amides is 1. The molecule has 1 atom stereocenters. The molecule has 0 bridgehead atoms. The van der Waals surface area contributed by atoms with Gasteiger partial charge in [-0.3, -0.25) is 14.9 Å². The monoisotopic (exact) mass is 347 g/mol. The lowest BCUT2D eigenvalue weighted by Crippen LogP contribution is -2.32. The Kier molecular flexibility index (Phi) is 4.02. The van der Waals surface area contributed by atoms with Crippen molar-refractivity contribution in [2.75, 3.05) is 11.9 Å². The number of alkyl halides is 1. The highest BCUT2D eigenvalue weighted by Crippen LogP contribution is 2.31. The van der Waals surface area contributed by atoms with Gasteiger partial charge in [0.15, 0.2) is 0 Å². The molecule has 0 saturated carbocycles. The first-order valence-electron chi connectivity index (χ1n) is 6.92. The Labute approximate surface area is 141 Å². The van der Waals surface area contributed by atoms with E-state index in [4.69, 9.17) is 11.6 Å². The molecule has 1 aliphatic heterocycles. The largest absolute Gasteiger partial charge is 0.311 e. The number of rotatable bonds is 2. The molecule has 1 heterocycles. The SMILES string of the molecule is CN1C(=O)C(F)N=C(c2cccc(Cl)c2)c2cc([N+](=O)[O-])ccc21. The summed E-state index contributed by atoms with van der Waals surface area (Å²) < 4.78 is 14.2. The fraction of sp³-hybridized carbons (Fsp3) is 0.125. The van der Waals surface area contributed by atoms with Gasteiger partial charge in [-0.15, -0.1) is 0 Å². The molecule has 1 unspecified atom stereocenters. The van der Waals surface area contributed by atoms with Gasteiger partial charge in [0.2, 0.25) is 0 Å². The van der Waals surface area contributed by atoms with Crippen molar-refractivity contribution >= 4 is 34.6 Å². The summed E-state index contributed by atoms with van der Waals surface area (Å²) in [6.45, 7) is 0. The molecule has 0 aromatic heterocycles. The molecule has 24 heavy (non-hydrogen) atoms. The molecular weight excluding hydrogens is 337 g/mol. The van der Waals surface area contributed by atoms with Gasteiger partial charge >= 0.3 is 0 Å². The Balaban J connectivity index is 2.29. The summed E-state index contributed by atoms with van der Waals surface area (Å²) in [6.07, 6.45) is -2.10. The molecule has 0 saturated heterocycles. The molecule has 1 aliphatic rings. The van der Waals surface area contributed by atoms with Crippen LogP contribution in [0.15, 0.2) is 47.5 Å². The summed E-state index contributed by atoms with van der Waals surface area (Å²) in [6, 6.07) is 10.4. The Hall–Kier alpha value is -2.80. The van der Waals surface area contributed by atoms with Gasteiger partial charge in [-0.25, -0.2) is 9.38 Å². The Bertz CT molecular complexity index is 885. The Morgan fingerprint density at radius 2 is 2.04 bits per heavy atom. The summed E-state index contributed by atoms with van der Waals surface area (Å²) >= 11 is 5.97. The first-order valence-corrected chi connectivity index (χ1v) is 7.30. The number of benzene rings is 2. The summed E-state index contributed by atoms with van der Waals surface area (Å²) in [7, 11) is 1.40. The molecule has 8 heteroatoms. The van der Waals surface area contributed by atoms with Crippen molar-refractivity contribution in [2.45, 2.75) is 6.30 Å². The standard InChI is InChI=1S/C16H11ClFN3O3/c1-20-13-6-5-11(21(23)24)8-12(13)14(19-15(18)16(20)22)9-3-2-4-10(17)7-9/h2-8,15H,1H3. The van der Waals surface area contributed by atoms with Crippen LogP contribution >= 0.6 is 11.6 Å². The quantitative estimate of drug-likeness (QED) is 0.475. The number of nitro benzene ring substituents is 1. The second kappa shape index (κ2) is 6.01. The van der Waals surface area contributed by atoms with Crippen LogP contribution in [0.1, 0.15) is 11.1 Å². The van der Waals surface area contributed by atoms with E-state index in [-0.39, 0.29) is 11.4 Å². The first-order chi connectivity index (χ1) is 11.4. The van der Waals surface area contributed by atoms with Crippen molar-refractivity contribution in [1.29, 1.82) is 0 Å². The molecule has 0 radical (unpaired) electrons. The topological polar surface area (TPSA) is 75.8 Å². The smallest absolute Gasteiger partial charge is 0.284 e. The molecule has 1 amide bonds. The second-order valence-electron chi connectivity index (χ2n) is 5.18. The third-order valence-electron chi connectivity index (χ3n) is 3.68. The molecule has 6 nitrogen and oxygen atoms in total. The normalized spacial score (nSPS) is 17.1. The number of aliphatic imine (C=N–C) groups is 1. The number of halogens is 2. The van der Waals surface area contributed by atoms with Gasteiger partial charge in [-0.05, 0) is 18.2 Å². The van der Waals surface area contributed by atoms with Crippen molar-refractivity contribution in [3.8, 4) is 0 Å². The Morgan fingerprint density at radius 3 is 2.71 bits per heavy atom. The average molecular weight is 348 g/mol. The van der Waals surface area contributed by atoms with E-state index in [2.05, 4.69) is 4.99 Å². The predicted octanol–water partition coefficient (Wildman–Crippen LogP) is 3.36. The predicted molar refractivity (Wildman–Crippen MR) is 88.5 cm³/mol. The molecule has 3 rings (SSSR count). The van der Waals surface area contributed by atoms with E-state index >= 15 is 0 Å². The maximum Gasteiger partial charge on any atom is 0.284 e. The third-order valence-corrected chi connectivity index (χ3v) is 3.92. The van der Waals surface area contributed by atoms with Gasteiger partial charge in [0, 0.05) is 35.3 Å². The number of nitro groups is 1. The number of carbonyl (C=O) groups is 1. The highest BCUT2D eigenvalue weighted by atomic mass is 35.5. The molecule has 122 valence electrons. The van der Waals surface area contributed by atoms with Crippen LogP contribution in [0.25, 0.3) is 0 Å². The highest BCUT2D eigenvalue weighted by molar-refractivity contribution is 6.31. The van der Waals surface area contributed by atoms with Crippen LogP contribution in [-0.4, -0.2) is 29.9 Å². The highest BCUT2D eigenvalue weighted by Gasteiger charge is 2.30. The van der Waals surface area contributed by atoms with Crippen molar-refractivity contribution in [3.05, 3.63) is 68.7 Å². The van der Waals surface area contributed by atoms with E-state index in [0.29, 0.717) is 21.8 Å². The molecule has 0 fully saturated rings. The van der Waals surface area contributed by atoms with E-state index in [0.717, 1.165) is 4.90 Å². The fourth-order valence-corrected chi connectivity index (χ4v) is 2.69. The van der Waals surface area contributed by atoms with Crippen molar-refractivity contribution in [3.63, 3.8) is 0 Å². The van der Waals surface area contributed by atoms with Gasteiger partial charge in [0.1, 0.15) is 0 Å². The van der Waals surface area contributed by atoms with Crippen LogP contribution < -0.4 is 4.90 Å². The fourth-order valence-electron chi connectivity index (χ4n) is 2.50. The summed E-state index contributed by atoms with van der Waals surface area (Å²) in [5.41, 5.74) is 1.06. The minimum absolute atomic E-state index is 0.140. The van der Waals surface area contributed by atoms with Crippen molar-refractivity contribution in [2.24, 2.45) is 4.99 Å². The second-order valence-corrected chi connectivity index (χ2v) is 5.62.